The van der Waals surface area contributed by atoms with E-state index in [1.54, 1.807) is 23.6 Å². The second kappa shape index (κ2) is 46.6. The topological polar surface area (TPSA) is 384 Å². The number of hydrogen-bond donors (Lipinski definition) is 8. The predicted octanol–water partition coefficient (Wildman–Crippen LogP) is 7.02. The molecule has 2 aliphatic heterocycles. The highest BCUT2D eigenvalue weighted by Gasteiger charge is 2.39. The molecule has 31 heteroatoms. The van der Waals surface area contributed by atoms with Gasteiger partial charge in [-0.2, -0.15) is 0 Å². The third-order valence-electron chi connectivity index (χ3n) is 18.8. The number of anilines is 2. The number of nitrogens with two attached hydrogens (primary N) is 1. The lowest BCUT2D eigenvalue weighted by Gasteiger charge is -2.40. The molecular weight excluding hydrogens is 1440 g/mol. The van der Waals surface area contributed by atoms with Gasteiger partial charge in [0.2, 0.25) is 41.4 Å². The Balaban J connectivity index is 0.922. The molecular formula is C78H112N12O17S2. The van der Waals surface area contributed by atoms with Crippen LogP contribution in [0.15, 0.2) is 83.1 Å². The molecule has 7 atom stereocenters. The summed E-state index contributed by atoms with van der Waals surface area (Å²) < 4.78 is 57.8. The zero-order valence-electron chi connectivity index (χ0n) is 64.4. The van der Waals surface area contributed by atoms with Gasteiger partial charge in [-0.25, -0.2) is 22.9 Å². The first-order valence-corrected chi connectivity index (χ1v) is 40.2. The summed E-state index contributed by atoms with van der Waals surface area (Å²) in [6, 6.07) is 15.2. The van der Waals surface area contributed by atoms with Crippen LogP contribution < -0.4 is 47.3 Å². The van der Waals surface area contributed by atoms with Crippen LogP contribution in [0, 0.1) is 29.6 Å². The predicted molar refractivity (Wildman–Crippen MR) is 413 cm³/mol. The first kappa shape index (κ1) is 89.0. The summed E-state index contributed by atoms with van der Waals surface area (Å²) in [6.45, 7) is 18.2. The molecule has 6 rings (SSSR count). The highest BCUT2D eigenvalue weighted by molar-refractivity contribution is 7.90. The molecule has 10 amide bonds. The molecule has 0 saturated carbocycles. The number of carbonyl (C=O) groups excluding carboxylic acids is 10. The number of sulfonamides is 1. The van der Waals surface area contributed by atoms with E-state index in [0.29, 0.717) is 38.0 Å². The molecule has 1 fully saturated rings. The van der Waals surface area contributed by atoms with E-state index in [0.717, 1.165) is 78.8 Å². The number of esters is 1. The van der Waals surface area contributed by atoms with Crippen molar-refractivity contribution in [1.82, 2.24) is 46.1 Å². The molecule has 0 bridgehead atoms. The largest absolute Gasteiger partial charge is 0.455 e. The van der Waals surface area contributed by atoms with Gasteiger partial charge >= 0.3 is 12.0 Å². The average Bonchev–Trinajstić information content (AvgIpc) is 1.56. The fourth-order valence-corrected chi connectivity index (χ4v) is 14.2. The summed E-state index contributed by atoms with van der Waals surface area (Å²) in [7, 11) is -2.66. The van der Waals surface area contributed by atoms with Crippen LogP contribution in [0.2, 0.25) is 0 Å². The molecule has 3 heterocycles. The SMILES string of the molecule is CCCCCCN(C(=O)[C@@H](NC(=O)[C@H]1CCCCN1C)[C@@H](C)CC)[C@H](C[C@@H](OC(C)=O)c1nc(C(=O)NS(=O)(=O)c2ccc(NC(=O)[C@H](CCCNC(N)=O)NC(=O)[C@@H](NC(=O)CCOCCOCCOCCOCCNC(=O)CCC(=O)N3Cc4ccccc4C#Cc4ccccc43)C(C)C)cc2)cs1)C(C)C. The molecule has 0 spiro atoms. The van der Waals surface area contributed by atoms with E-state index in [2.05, 4.69) is 55.6 Å². The number of aromatic nitrogens is 1. The van der Waals surface area contributed by atoms with Gasteiger partial charge in [-0.3, -0.25) is 48.1 Å². The van der Waals surface area contributed by atoms with Crippen molar-refractivity contribution in [2.45, 2.75) is 193 Å². The number of likely N-dealkylation sites (tertiary alicyclic amines) is 1. The Bertz CT molecular complexity index is 3830. The lowest BCUT2D eigenvalue weighted by molar-refractivity contribution is -0.150. The van der Waals surface area contributed by atoms with Crippen molar-refractivity contribution in [3.05, 3.63) is 106 Å². The van der Waals surface area contributed by atoms with Crippen molar-refractivity contribution in [1.29, 1.82) is 0 Å². The summed E-state index contributed by atoms with van der Waals surface area (Å²) >= 11 is 0.982. The van der Waals surface area contributed by atoms with Crippen LogP contribution in [-0.2, 0) is 78.6 Å². The maximum Gasteiger partial charge on any atom is 0.312 e. The summed E-state index contributed by atoms with van der Waals surface area (Å²) in [4.78, 5) is 144. The highest BCUT2D eigenvalue weighted by atomic mass is 32.2. The molecule has 0 aliphatic carbocycles. The molecule has 29 nitrogen and oxygen atoms in total. The van der Waals surface area contributed by atoms with Gasteiger partial charge in [-0.05, 0) is 111 Å². The van der Waals surface area contributed by atoms with Gasteiger partial charge in [0.15, 0.2) is 6.10 Å². The van der Waals surface area contributed by atoms with Crippen LogP contribution in [0.25, 0.3) is 0 Å². The number of amides is 10. The smallest absolute Gasteiger partial charge is 0.312 e. The van der Waals surface area contributed by atoms with E-state index >= 15 is 4.79 Å². The Kier molecular flexibility index (Phi) is 38.0. The fourth-order valence-electron chi connectivity index (χ4n) is 12.4. The van der Waals surface area contributed by atoms with Crippen LogP contribution in [-0.4, -0.2) is 199 Å². The quantitative estimate of drug-likeness (QED) is 0.0125. The number of rotatable bonds is 47. The van der Waals surface area contributed by atoms with Crippen molar-refractivity contribution in [3.63, 3.8) is 0 Å². The van der Waals surface area contributed by atoms with Crippen LogP contribution in [0.4, 0.5) is 16.2 Å². The van der Waals surface area contributed by atoms with Crippen molar-refractivity contribution in [2.24, 2.45) is 23.5 Å². The second-order valence-corrected chi connectivity index (χ2v) is 30.4. The minimum atomic E-state index is -4.58. The summed E-state index contributed by atoms with van der Waals surface area (Å²) in [5, 5.41) is 18.0. The number of ether oxygens (including phenoxy) is 5. The molecule has 2 aliphatic rings. The first-order valence-electron chi connectivity index (χ1n) is 37.8. The van der Waals surface area contributed by atoms with Gasteiger partial charge in [0.05, 0.1) is 76.0 Å². The molecule has 1 saturated heterocycles. The number of likely N-dealkylation sites (N-methyl/N-ethyl adjacent to an activating group) is 1. The number of thiazole rings is 1. The number of unbranched alkanes of at least 4 members (excludes halogenated alkanes) is 3. The van der Waals surface area contributed by atoms with E-state index in [9.17, 15) is 51.6 Å². The van der Waals surface area contributed by atoms with Crippen LogP contribution in [0.1, 0.15) is 184 Å². The van der Waals surface area contributed by atoms with E-state index in [-0.39, 0.29) is 167 Å². The monoisotopic (exact) mass is 1550 g/mol. The van der Waals surface area contributed by atoms with E-state index in [1.807, 2.05) is 92.9 Å². The molecule has 598 valence electrons. The number of benzene rings is 3. The Hall–Kier alpha value is -8.90. The van der Waals surface area contributed by atoms with E-state index in [1.165, 1.54) is 24.4 Å². The molecule has 3 aromatic carbocycles. The van der Waals surface area contributed by atoms with Gasteiger partial charge in [-0.15, -0.1) is 11.3 Å². The third kappa shape index (κ3) is 29.8. The molecule has 0 radical (unpaired) electrons. The minimum absolute atomic E-state index is 0.000481. The maximum atomic E-state index is 15.0. The zero-order valence-corrected chi connectivity index (χ0v) is 66.0. The van der Waals surface area contributed by atoms with Gasteiger partial charge in [0, 0.05) is 80.5 Å². The van der Waals surface area contributed by atoms with Crippen LogP contribution >= 0.6 is 11.3 Å². The molecule has 4 aromatic rings. The van der Waals surface area contributed by atoms with Crippen molar-refractivity contribution in [2.75, 3.05) is 96.3 Å². The molecule has 1 aromatic heterocycles. The molecule has 109 heavy (non-hydrogen) atoms. The van der Waals surface area contributed by atoms with Crippen LogP contribution in [0.5, 0.6) is 0 Å². The van der Waals surface area contributed by atoms with Gasteiger partial charge in [0.1, 0.15) is 28.8 Å². The Morgan fingerprint density at radius 3 is 2.01 bits per heavy atom. The second-order valence-electron chi connectivity index (χ2n) is 27.9. The summed E-state index contributed by atoms with van der Waals surface area (Å²) in [5.74, 6) is 1.05. The lowest BCUT2D eigenvalue weighted by Crippen LogP contribution is -2.59. The highest BCUT2D eigenvalue weighted by Crippen LogP contribution is 2.33. The van der Waals surface area contributed by atoms with E-state index < -0.39 is 81.8 Å². The molecule has 9 N–H and O–H groups in total. The standard InChI is InChI=1S/C78H112N12O17S2/c1-10-12-13-19-40-89(77(99)71(54(7)11-2)86-74(97)64-27-18-20-39-88(64)9)65(52(3)4)49-66(107-55(8)91)76-84-62(51-108-76)73(96)87-109(101,102)60-32-30-59(31-33-60)82-72(95)61(25-21-37-81-78(79)100)83-75(98)70(53(5)6)85-68(93)36-41-103-43-45-105-47-48-106-46-44-104-42-38-80-67(92)34-35-69(94)90-50-58-24-15-14-22-56(58)28-29-57-23-16-17-26-63(57)90/h14-17,22-24,26,30-33,51-54,61,64-66,70-71H,10-13,18-21,25,27,34-50H2,1-9H3,(H,80,92)(H,82,95)(H,83,98)(H,85,93)(H,86,97)(H,87,96)(H3,79,81,100)/t54-,61-,64+,65+,66+,70-,71-/m0/s1. The normalized spacial score (nSPS) is 15.1. The number of para-hydroxylation sites is 1. The number of urea groups is 1. The van der Waals surface area contributed by atoms with Gasteiger partial charge < -0.3 is 71.1 Å². The Morgan fingerprint density at radius 2 is 1.36 bits per heavy atom. The number of hydrogen-bond acceptors (Lipinski definition) is 20. The Morgan fingerprint density at radius 1 is 0.697 bits per heavy atom. The lowest BCUT2D eigenvalue weighted by atomic mass is 9.91. The third-order valence-corrected chi connectivity index (χ3v) is 21.1. The fraction of sp³-hybridized carbons (Fsp3) is 0.577. The first-order chi connectivity index (χ1) is 52.2. The van der Waals surface area contributed by atoms with Crippen molar-refractivity contribution in [3.8, 4) is 11.8 Å². The summed E-state index contributed by atoms with van der Waals surface area (Å²) in [6.07, 6.45) is 5.84. The molecule has 0 unspecified atom stereocenters. The average molecular weight is 1550 g/mol. The number of primary amides is 1. The number of fused-ring (bicyclic) bond motifs is 2. The zero-order chi connectivity index (χ0) is 79.4. The Labute approximate surface area is 645 Å². The van der Waals surface area contributed by atoms with E-state index in [4.69, 9.17) is 29.4 Å². The van der Waals surface area contributed by atoms with Gasteiger partial charge in [0.25, 0.3) is 15.9 Å². The number of carbonyl (C=O) groups is 10. The number of piperidine rings is 1. The summed E-state index contributed by atoms with van der Waals surface area (Å²) in [5.41, 5.74) is 8.33. The number of nitrogens with zero attached hydrogens (tertiary/aromatic N) is 4. The maximum absolute atomic E-state index is 15.0. The number of nitrogens with one attached hydrogen (secondary N) is 7. The van der Waals surface area contributed by atoms with Crippen LogP contribution in [0.3, 0.4) is 0 Å². The van der Waals surface area contributed by atoms with Crippen molar-refractivity contribution >= 4 is 92.0 Å². The minimum Gasteiger partial charge on any atom is -0.455 e. The van der Waals surface area contributed by atoms with Crippen molar-refractivity contribution < 1.29 is 80.0 Å². The van der Waals surface area contributed by atoms with Gasteiger partial charge in [-0.1, -0.05) is 123 Å².